The Kier molecular flexibility index (Phi) is 5.43. The minimum Gasteiger partial charge on any atom is -0.497 e. The highest BCUT2D eigenvalue weighted by Crippen LogP contribution is 2.20. The maximum absolute atomic E-state index is 12.1. The van der Waals surface area contributed by atoms with E-state index in [9.17, 15) is 9.59 Å². The number of carbonyl (C=O) groups is 1. The Bertz CT molecular complexity index is 934. The summed E-state index contributed by atoms with van der Waals surface area (Å²) in [7, 11) is 1.58. The first kappa shape index (κ1) is 17.4. The van der Waals surface area contributed by atoms with E-state index in [1.54, 1.807) is 25.7 Å². The molecule has 3 rings (SSSR count). The molecule has 1 amide bonds. The van der Waals surface area contributed by atoms with Gasteiger partial charge in [-0.3, -0.25) is 9.59 Å². The van der Waals surface area contributed by atoms with Gasteiger partial charge in [-0.2, -0.15) is 5.10 Å². The molecule has 1 aromatic carbocycles. The van der Waals surface area contributed by atoms with Crippen molar-refractivity contribution < 1.29 is 9.53 Å². The van der Waals surface area contributed by atoms with E-state index in [2.05, 4.69) is 15.4 Å². The maximum atomic E-state index is 12.1. The van der Waals surface area contributed by atoms with Crippen molar-refractivity contribution in [3.8, 4) is 17.0 Å². The quantitative estimate of drug-likeness (QED) is 0.682. The second-order valence-corrected chi connectivity index (χ2v) is 5.60. The molecule has 8 nitrogen and oxygen atoms in total. The number of amides is 1. The molecular formula is C18H19N5O3. The van der Waals surface area contributed by atoms with Crippen molar-refractivity contribution in [1.29, 1.82) is 0 Å². The molecule has 0 radical (unpaired) electrons. The third-order valence-corrected chi connectivity index (χ3v) is 3.78. The first-order valence-corrected chi connectivity index (χ1v) is 8.11. The van der Waals surface area contributed by atoms with Crippen molar-refractivity contribution in [2.45, 2.75) is 13.1 Å². The van der Waals surface area contributed by atoms with E-state index in [0.29, 0.717) is 24.5 Å². The smallest absolute Gasteiger partial charge is 0.267 e. The number of rotatable bonds is 7. The molecule has 0 saturated heterocycles. The van der Waals surface area contributed by atoms with Crippen molar-refractivity contribution >= 4 is 5.91 Å². The zero-order valence-corrected chi connectivity index (χ0v) is 14.3. The highest BCUT2D eigenvalue weighted by Gasteiger charge is 2.08. The second-order valence-electron chi connectivity index (χ2n) is 5.60. The lowest BCUT2D eigenvalue weighted by atomic mass is 10.1. The number of imidazole rings is 1. The lowest BCUT2D eigenvalue weighted by Crippen LogP contribution is -2.34. The van der Waals surface area contributed by atoms with Crippen LogP contribution in [0.15, 0.2) is 59.9 Å². The number of hydrogen-bond acceptors (Lipinski definition) is 5. The molecule has 0 spiro atoms. The van der Waals surface area contributed by atoms with Crippen molar-refractivity contribution in [2.75, 3.05) is 13.7 Å². The fraction of sp³-hybridized carbons (Fsp3) is 0.222. The molecular weight excluding hydrogens is 334 g/mol. The zero-order valence-electron chi connectivity index (χ0n) is 14.3. The molecule has 134 valence electrons. The van der Waals surface area contributed by atoms with Crippen LogP contribution in [-0.4, -0.2) is 38.9 Å². The second kappa shape index (κ2) is 8.11. The molecule has 3 aromatic rings. The Morgan fingerprint density at radius 3 is 2.92 bits per heavy atom. The Hall–Kier alpha value is -3.42. The van der Waals surface area contributed by atoms with Crippen molar-refractivity contribution in [1.82, 2.24) is 24.6 Å². The average molecular weight is 353 g/mol. The molecule has 0 bridgehead atoms. The Morgan fingerprint density at radius 1 is 1.27 bits per heavy atom. The maximum Gasteiger partial charge on any atom is 0.267 e. The highest BCUT2D eigenvalue weighted by molar-refractivity contribution is 5.75. The molecule has 26 heavy (non-hydrogen) atoms. The van der Waals surface area contributed by atoms with Crippen LogP contribution in [0.3, 0.4) is 0 Å². The van der Waals surface area contributed by atoms with Crippen LogP contribution in [0.25, 0.3) is 11.3 Å². The Labute approximate surface area is 150 Å². The molecule has 0 unspecified atom stereocenters. The average Bonchev–Trinajstić information content (AvgIpc) is 3.17. The summed E-state index contributed by atoms with van der Waals surface area (Å²) in [5, 5.41) is 7.06. The lowest BCUT2D eigenvalue weighted by Gasteiger charge is -2.09. The number of carbonyl (C=O) groups excluding carboxylic acids is 1. The summed E-state index contributed by atoms with van der Waals surface area (Å²) >= 11 is 0. The minimum absolute atomic E-state index is 0.138. The summed E-state index contributed by atoms with van der Waals surface area (Å²) in [5.74, 6) is 0.418. The fourth-order valence-corrected chi connectivity index (χ4v) is 2.43. The van der Waals surface area contributed by atoms with Gasteiger partial charge in [0.15, 0.2) is 0 Å². The molecule has 2 heterocycles. The van der Waals surface area contributed by atoms with Crippen molar-refractivity contribution in [3.05, 3.63) is 65.5 Å². The van der Waals surface area contributed by atoms with E-state index in [1.807, 2.05) is 35.0 Å². The normalized spacial score (nSPS) is 10.5. The lowest BCUT2D eigenvalue weighted by molar-refractivity contribution is -0.121. The molecule has 0 aliphatic rings. The zero-order chi connectivity index (χ0) is 18.4. The number of hydrogen-bond donors (Lipinski definition) is 1. The number of benzene rings is 1. The standard InChI is InChI=1S/C18H19N5O3/c1-26-15-4-2-3-14(11-15)16-5-6-18(25)23(21-16)12-17(24)20-8-10-22-9-7-19-13-22/h2-7,9,11,13H,8,10,12H2,1H3,(H,20,24). The van der Waals surface area contributed by atoms with E-state index < -0.39 is 0 Å². The fourth-order valence-electron chi connectivity index (χ4n) is 2.43. The molecule has 8 heteroatoms. The van der Waals surface area contributed by atoms with Gasteiger partial charge in [-0.25, -0.2) is 9.67 Å². The summed E-state index contributed by atoms with van der Waals surface area (Å²) in [6, 6.07) is 10.4. The number of nitrogens with zero attached hydrogens (tertiary/aromatic N) is 4. The number of aromatic nitrogens is 4. The predicted molar refractivity (Wildman–Crippen MR) is 95.7 cm³/mol. The molecule has 0 saturated carbocycles. The van der Waals surface area contributed by atoms with Crippen LogP contribution in [0.5, 0.6) is 5.75 Å². The number of nitrogens with one attached hydrogen (secondary N) is 1. The number of ether oxygens (including phenoxy) is 1. The van der Waals surface area contributed by atoms with Gasteiger partial charge in [0.2, 0.25) is 5.91 Å². The van der Waals surface area contributed by atoms with Crippen LogP contribution >= 0.6 is 0 Å². The Balaban J connectivity index is 1.67. The van der Waals surface area contributed by atoms with Gasteiger partial charge in [0, 0.05) is 37.1 Å². The van der Waals surface area contributed by atoms with Gasteiger partial charge in [0.1, 0.15) is 12.3 Å². The molecule has 2 aromatic heterocycles. The van der Waals surface area contributed by atoms with Crippen LogP contribution < -0.4 is 15.6 Å². The SMILES string of the molecule is COc1cccc(-c2ccc(=O)n(CC(=O)NCCn3ccnc3)n2)c1. The largest absolute Gasteiger partial charge is 0.497 e. The van der Waals surface area contributed by atoms with Crippen molar-refractivity contribution in [2.24, 2.45) is 0 Å². The number of methoxy groups -OCH3 is 1. The van der Waals surface area contributed by atoms with Crippen LogP contribution in [0.1, 0.15) is 0 Å². The van der Waals surface area contributed by atoms with Gasteiger partial charge in [-0.05, 0) is 18.2 Å². The minimum atomic E-state index is -0.332. The van der Waals surface area contributed by atoms with E-state index in [1.165, 1.54) is 6.07 Å². The van der Waals surface area contributed by atoms with Crippen LogP contribution in [0.2, 0.25) is 0 Å². The van der Waals surface area contributed by atoms with Crippen LogP contribution in [-0.2, 0) is 17.9 Å². The predicted octanol–water partition coefficient (Wildman–Crippen LogP) is 0.932. The van der Waals surface area contributed by atoms with Gasteiger partial charge < -0.3 is 14.6 Å². The van der Waals surface area contributed by atoms with Crippen molar-refractivity contribution in [3.63, 3.8) is 0 Å². The summed E-state index contributed by atoms with van der Waals surface area (Å²) in [5.41, 5.74) is 1.06. The molecule has 0 aliphatic carbocycles. The van der Waals surface area contributed by atoms with Gasteiger partial charge >= 0.3 is 0 Å². The van der Waals surface area contributed by atoms with Gasteiger partial charge in [0.25, 0.3) is 5.56 Å². The van der Waals surface area contributed by atoms with E-state index in [0.717, 1.165) is 10.2 Å². The topological polar surface area (TPSA) is 91.0 Å². The summed E-state index contributed by atoms with van der Waals surface area (Å²) in [6.45, 7) is 0.915. The molecule has 0 atom stereocenters. The summed E-state index contributed by atoms with van der Waals surface area (Å²) in [4.78, 5) is 28.0. The molecule has 1 N–H and O–H groups in total. The van der Waals surface area contributed by atoms with Crippen LogP contribution in [0, 0.1) is 0 Å². The highest BCUT2D eigenvalue weighted by atomic mass is 16.5. The van der Waals surface area contributed by atoms with E-state index in [-0.39, 0.29) is 18.0 Å². The first-order valence-electron chi connectivity index (χ1n) is 8.11. The van der Waals surface area contributed by atoms with E-state index >= 15 is 0 Å². The Morgan fingerprint density at radius 2 is 2.15 bits per heavy atom. The van der Waals surface area contributed by atoms with E-state index in [4.69, 9.17) is 4.74 Å². The summed E-state index contributed by atoms with van der Waals surface area (Å²) in [6.07, 6.45) is 5.17. The van der Waals surface area contributed by atoms with Gasteiger partial charge in [0.05, 0.1) is 19.1 Å². The summed E-state index contributed by atoms with van der Waals surface area (Å²) < 4.78 is 8.21. The van der Waals surface area contributed by atoms with Gasteiger partial charge in [-0.15, -0.1) is 0 Å². The van der Waals surface area contributed by atoms with Crippen LogP contribution in [0.4, 0.5) is 0 Å². The third kappa shape index (κ3) is 4.35. The first-order chi connectivity index (χ1) is 12.7. The monoisotopic (exact) mass is 353 g/mol. The van der Waals surface area contributed by atoms with Gasteiger partial charge in [-0.1, -0.05) is 12.1 Å². The molecule has 0 fully saturated rings. The molecule has 0 aliphatic heterocycles. The third-order valence-electron chi connectivity index (χ3n) is 3.78.